The van der Waals surface area contributed by atoms with Gasteiger partial charge in [0.2, 0.25) is 0 Å². The van der Waals surface area contributed by atoms with Crippen molar-refractivity contribution in [1.29, 1.82) is 0 Å². The van der Waals surface area contributed by atoms with Gasteiger partial charge in [0.1, 0.15) is 0 Å². The molecule has 0 aliphatic heterocycles. The number of hydrogen-bond acceptors (Lipinski definition) is 4. The first-order valence-corrected chi connectivity index (χ1v) is 12.2. The molecule has 0 N–H and O–H groups in total. The second-order valence-corrected chi connectivity index (χ2v) is 8.95. The minimum atomic E-state index is -1.04. The predicted molar refractivity (Wildman–Crippen MR) is 143 cm³/mol. The highest BCUT2D eigenvalue weighted by atomic mass is 16.5. The molecule has 0 saturated heterocycles. The largest absolute Gasteiger partial charge is 0.449 e. The van der Waals surface area contributed by atoms with E-state index in [2.05, 4.69) is 0 Å². The zero-order chi connectivity index (χ0) is 26.2. The molecule has 0 aliphatic carbocycles. The summed E-state index contributed by atoms with van der Waals surface area (Å²) in [7, 11) is 0. The topological polar surface area (TPSA) is 63.7 Å². The van der Waals surface area contributed by atoms with E-state index in [0.717, 1.165) is 16.7 Å². The molecule has 5 heteroatoms. The lowest BCUT2D eigenvalue weighted by Crippen LogP contribution is -2.39. The Morgan fingerprint density at radius 2 is 1.16 bits per heavy atom. The molecule has 1 atom stereocenters. The maximum absolute atomic E-state index is 13.5. The summed E-state index contributed by atoms with van der Waals surface area (Å²) in [6.45, 7) is 4.25. The van der Waals surface area contributed by atoms with Crippen LogP contribution in [-0.2, 0) is 22.6 Å². The first-order valence-electron chi connectivity index (χ1n) is 12.2. The lowest BCUT2D eigenvalue weighted by Gasteiger charge is -2.26. The third-order valence-corrected chi connectivity index (χ3v) is 6.08. The van der Waals surface area contributed by atoms with Crippen LogP contribution in [0.5, 0.6) is 0 Å². The molecule has 0 aromatic heterocycles. The first kappa shape index (κ1) is 25.6. The molecule has 0 aliphatic rings. The predicted octanol–water partition coefficient (Wildman–Crippen LogP) is 6.00. The molecule has 0 fully saturated rings. The number of ketones is 1. The summed E-state index contributed by atoms with van der Waals surface area (Å²) in [5, 5.41) is 0. The first-order chi connectivity index (χ1) is 17.9. The summed E-state index contributed by atoms with van der Waals surface area (Å²) >= 11 is 0. The number of carbonyl (C=O) groups excluding carboxylic acids is 3. The van der Waals surface area contributed by atoms with Crippen molar-refractivity contribution in [3.63, 3.8) is 0 Å². The van der Waals surface area contributed by atoms with Crippen LogP contribution in [0.2, 0.25) is 0 Å². The van der Waals surface area contributed by atoms with Gasteiger partial charge in [0.25, 0.3) is 5.91 Å². The molecule has 0 radical (unpaired) electrons. The van der Waals surface area contributed by atoms with Crippen molar-refractivity contribution >= 4 is 17.7 Å². The van der Waals surface area contributed by atoms with Crippen molar-refractivity contribution in [2.75, 3.05) is 0 Å². The van der Waals surface area contributed by atoms with E-state index < -0.39 is 12.1 Å². The molecule has 186 valence electrons. The summed E-state index contributed by atoms with van der Waals surface area (Å²) < 4.78 is 5.62. The number of amides is 1. The highest BCUT2D eigenvalue weighted by Crippen LogP contribution is 2.19. The Morgan fingerprint density at radius 3 is 1.70 bits per heavy atom. The van der Waals surface area contributed by atoms with Crippen molar-refractivity contribution < 1.29 is 19.1 Å². The molecule has 4 aromatic carbocycles. The smallest absolute Gasteiger partial charge is 0.339 e. The van der Waals surface area contributed by atoms with E-state index in [4.69, 9.17) is 4.74 Å². The van der Waals surface area contributed by atoms with Crippen LogP contribution in [0.1, 0.15) is 49.9 Å². The van der Waals surface area contributed by atoms with Gasteiger partial charge in [0.15, 0.2) is 11.9 Å². The molecule has 4 rings (SSSR count). The van der Waals surface area contributed by atoms with Gasteiger partial charge < -0.3 is 9.64 Å². The third-order valence-electron chi connectivity index (χ3n) is 6.08. The highest BCUT2D eigenvalue weighted by molar-refractivity contribution is 6.14. The fourth-order valence-corrected chi connectivity index (χ4v) is 4.07. The van der Waals surface area contributed by atoms with E-state index in [0.29, 0.717) is 18.7 Å². The molecular weight excluding hydrogens is 462 g/mol. The molecule has 4 aromatic rings. The number of esters is 1. The van der Waals surface area contributed by atoms with Crippen molar-refractivity contribution in [3.8, 4) is 0 Å². The van der Waals surface area contributed by atoms with Crippen LogP contribution in [0.25, 0.3) is 0 Å². The van der Waals surface area contributed by atoms with E-state index in [1.165, 1.54) is 0 Å². The molecule has 0 saturated carbocycles. The molecule has 0 heterocycles. The van der Waals surface area contributed by atoms with Crippen LogP contribution in [0.3, 0.4) is 0 Å². The van der Waals surface area contributed by atoms with Gasteiger partial charge in [-0.2, -0.15) is 0 Å². The molecule has 0 bridgehead atoms. The summed E-state index contributed by atoms with van der Waals surface area (Å²) in [6.07, 6.45) is -1.04. The van der Waals surface area contributed by atoms with Crippen molar-refractivity contribution in [3.05, 3.63) is 143 Å². The number of nitrogens with zero attached hydrogens (tertiary/aromatic N) is 1. The maximum Gasteiger partial charge on any atom is 0.339 e. The molecule has 0 spiro atoms. The number of aryl methyl sites for hydroxylation is 1. The van der Waals surface area contributed by atoms with Gasteiger partial charge in [0, 0.05) is 24.2 Å². The van der Waals surface area contributed by atoms with Crippen molar-refractivity contribution in [1.82, 2.24) is 4.90 Å². The van der Waals surface area contributed by atoms with Gasteiger partial charge in [-0.3, -0.25) is 9.59 Å². The number of rotatable bonds is 9. The SMILES string of the molecule is Cc1ccc(C(=O)c2ccccc2C(=O)OC(C)C(=O)N(Cc2ccccc2)Cc2ccccc2)cc1. The van der Waals surface area contributed by atoms with Crippen LogP contribution in [-0.4, -0.2) is 28.7 Å². The number of hydrogen-bond donors (Lipinski definition) is 0. The standard InChI is InChI=1S/C32H29NO4/c1-23-17-19-27(20-18-23)30(34)28-15-9-10-16-29(28)32(36)37-24(2)31(35)33(21-25-11-5-3-6-12-25)22-26-13-7-4-8-14-26/h3-20,24H,21-22H2,1-2H3. The normalized spacial score (nSPS) is 11.4. The van der Waals surface area contributed by atoms with E-state index in [-0.39, 0.29) is 22.8 Å². The van der Waals surface area contributed by atoms with Crippen molar-refractivity contribution in [2.45, 2.75) is 33.0 Å². The van der Waals surface area contributed by atoms with E-state index >= 15 is 0 Å². The Bertz CT molecular complexity index is 1320. The maximum atomic E-state index is 13.5. The number of ether oxygens (including phenoxy) is 1. The summed E-state index contributed by atoms with van der Waals surface area (Å²) in [5.74, 6) is -1.30. The van der Waals surface area contributed by atoms with Gasteiger partial charge in [-0.05, 0) is 31.0 Å². The summed E-state index contributed by atoms with van der Waals surface area (Å²) in [6, 6.07) is 33.0. The zero-order valence-corrected chi connectivity index (χ0v) is 21.0. The zero-order valence-electron chi connectivity index (χ0n) is 21.0. The lowest BCUT2D eigenvalue weighted by molar-refractivity contribution is -0.141. The quantitative estimate of drug-likeness (QED) is 0.213. The van der Waals surface area contributed by atoms with Gasteiger partial charge in [-0.15, -0.1) is 0 Å². The monoisotopic (exact) mass is 491 g/mol. The highest BCUT2D eigenvalue weighted by Gasteiger charge is 2.27. The lowest BCUT2D eigenvalue weighted by atomic mass is 9.98. The Hall–Kier alpha value is -4.51. The minimum Gasteiger partial charge on any atom is -0.449 e. The van der Waals surface area contributed by atoms with Crippen LogP contribution >= 0.6 is 0 Å². The van der Waals surface area contributed by atoms with E-state index in [1.54, 1.807) is 48.2 Å². The fourth-order valence-electron chi connectivity index (χ4n) is 4.07. The Kier molecular flexibility index (Phi) is 8.26. The van der Waals surface area contributed by atoms with Crippen LogP contribution < -0.4 is 0 Å². The van der Waals surface area contributed by atoms with E-state index in [9.17, 15) is 14.4 Å². The molecule has 5 nitrogen and oxygen atoms in total. The molecule has 1 amide bonds. The summed E-state index contributed by atoms with van der Waals surface area (Å²) in [4.78, 5) is 41.4. The average Bonchev–Trinajstić information content (AvgIpc) is 2.93. The van der Waals surface area contributed by atoms with Gasteiger partial charge in [-0.1, -0.05) is 109 Å². The molecular formula is C32H29NO4. The minimum absolute atomic E-state index is 0.130. The van der Waals surface area contributed by atoms with Crippen LogP contribution in [0.15, 0.2) is 109 Å². The second kappa shape index (κ2) is 12.0. The van der Waals surface area contributed by atoms with Crippen LogP contribution in [0, 0.1) is 6.92 Å². The Labute approximate surface area is 217 Å². The van der Waals surface area contributed by atoms with Gasteiger partial charge >= 0.3 is 5.97 Å². The average molecular weight is 492 g/mol. The Morgan fingerprint density at radius 1 is 0.676 bits per heavy atom. The Balaban J connectivity index is 1.53. The number of carbonyl (C=O) groups is 3. The van der Waals surface area contributed by atoms with Gasteiger partial charge in [-0.25, -0.2) is 4.79 Å². The molecule has 37 heavy (non-hydrogen) atoms. The third kappa shape index (κ3) is 6.58. The molecule has 1 unspecified atom stereocenters. The van der Waals surface area contributed by atoms with Gasteiger partial charge in [0.05, 0.1) is 5.56 Å². The summed E-state index contributed by atoms with van der Waals surface area (Å²) in [5.41, 5.74) is 3.82. The number of benzene rings is 4. The second-order valence-electron chi connectivity index (χ2n) is 8.95. The van der Waals surface area contributed by atoms with Crippen LogP contribution in [0.4, 0.5) is 0 Å². The van der Waals surface area contributed by atoms with Crippen molar-refractivity contribution in [2.24, 2.45) is 0 Å². The van der Waals surface area contributed by atoms with E-state index in [1.807, 2.05) is 79.7 Å². The fraction of sp³-hybridized carbons (Fsp3) is 0.156.